The highest BCUT2D eigenvalue weighted by molar-refractivity contribution is 5.47. The van der Waals surface area contributed by atoms with Gasteiger partial charge in [0.1, 0.15) is 12.1 Å². The first kappa shape index (κ1) is 10.5. The summed E-state index contributed by atoms with van der Waals surface area (Å²) in [4.78, 5) is 10.9. The lowest BCUT2D eigenvalue weighted by molar-refractivity contribution is 0.442. The number of rotatable bonds is 1. The van der Waals surface area contributed by atoms with Crippen LogP contribution in [0.4, 0.5) is 5.82 Å². The van der Waals surface area contributed by atoms with E-state index in [9.17, 15) is 0 Å². The molecule has 1 atom stereocenters. The zero-order chi connectivity index (χ0) is 11.8. The van der Waals surface area contributed by atoms with Crippen molar-refractivity contribution in [2.24, 2.45) is 5.92 Å². The normalized spacial score (nSPS) is 21.1. The van der Waals surface area contributed by atoms with Gasteiger partial charge in [-0.15, -0.1) is 0 Å². The first-order valence-electron chi connectivity index (χ1n) is 6.16. The fourth-order valence-corrected chi connectivity index (χ4v) is 2.53. The molecule has 0 bridgehead atoms. The first-order valence-corrected chi connectivity index (χ1v) is 6.16. The van der Waals surface area contributed by atoms with Crippen LogP contribution in [0.5, 0.6) is 0 Å². The van der Waals surface area contributed by atoms with Gasteiger partial charge in [-0.05, 0) is 25.7 Å². The van der Waals surface area contributed by atoms with E-state index in [1.807, 2.05) is 11.4 Å². The minimum atomic E-state index is 0.693. The Morgan fingerprint density at radius 1 is 1.41 bits per heavy atom. The topological polar surface area (TPSA) is 46.3 Å². The van der Waals surface area contributed by atoms with Crippen LogP contribution in [-0.4, -0.2) is 32.7 Å². The molecule has 0 aromatic carbocycles. The number of hydrogen-bond acceptors (Lipinski definition) is 4. The molecule has 1 aliphatic heterocycles. The van der Waals surface area contributed by atoms with Gasteiger partial charge >= 0.3 is 0 Å². The summed E-state index contributed by atoms with van der Waals surface area (Å²) in [6.45, 7) is 6.51. The van der Waals surface area contributed by atoms with Crippen LogP contribution in [0.2, 0.25) is 0 Å². The van der Waals surface area contributed by atoms with Gasteiger partial charge in [0.2, 0.25) is 0 Å². The Morgan fingerprint density at radius 2 is 2.29 bits per heavy atom. The molecule has 1 unspecified atom stereocenters. The van der Waals surface area contributed by atoms with Gasteiger partial charge in [-0.25, -0.2) is 4.98 Å². The zero-order valence-electron chi connectivity index (χ0n) is 10.3. The van der Waals surface area contributed by atoms with E-state index in [2.05, 4.69) is 33.0 Å². The Hall–Kier alpha value is -1.65. The molecule has 0 N–H and O–H groups in total. The number of aryl methyl sites for hydroxylation is 1. The molecule has 0 saturated carbocycles. The molecule has 1 saturated heterocycles. The monoisotopic (exact) mass is 231 g/mol. The summed E-state index contributed by atoms with van der Waals surface area (Å²) in [5.74, 6) is 2.56. The van der Waals surface area contributed by atoms with Crippen LogP contribution in [0, 0.1) is 12.8 Å². The van der Waals surface area contributed by atoms with E-state index in [0.29, 0.717) is 5.78 Å². The van der Waals surface area contributed by atoms with Crippen molar-refractivity contribution in [3.63, 3.8) is 0 Å². The number of fused-ring (bicyclic) bond motifs is 1. The van der Waals surface area contributed by atoms with E-state index in [4.69, 9.17) is 0 Å². The summed E-state index contributed by atoms with van der Waals surface area (Å²) in [5.41, 5.74) is 0.999. The molecule has 1 fully saturated rings. The van der Waals surface area contributed by atoms with Gasteiger partial charge in [-0.1, -0.05) is 6.92 Å². The van der Waals surface area contributed by atoms with Crippen molar-refractivity contribution in [1.29, 1.82) is 0 Å². The number of anilines is 1. The Bertz CT molecular complexity index is 533. The Labute approximate surface area is 100 Å². The first-order chi connectivity index (χ1) is 8.24. The predicted octanol–water partition coefficient (Wildman–Crippen LogP) is 1.67. The second-order valence-corrected chi connectivity index (χ2v) is 4.92. The fraction of sp³-hybridized carbons (Fsp3) is 0.583. The molecule has 1 aliphatic rings. The Balaban J connectivity index is 2.06. The molecule has 0 aliphatic carbocycles. The predicted molar refractivity (Wildman–Crippen MR) is 66.1 cm³/mol. The molecule has 5 heteroatoms. The van der Waals surface area contributed by atoms with Gasteiger partial charge < -0.3 is 4.90 Å². The van der Waals surface area contributed by atoms with Crippen LogP contribution in [0.1, 0.15) is 25.5 Å². The summed E-state index contributed by atoms with van der Waals surface area (Å²) in [7, 11) is 0. The van der Waals surface area contributed by atoms with Crippen LogP contribution >= 0.6 is 0 Å². The van der Waals surface area contributed by atoms with E-state index in [1.165, 1.54) is 12.8 Å². The van der Waals surface area contributed by atoms with Crippen LogP contribution < -0.4 is 4.90 Å². The van der Waals surface area contributed by atoms with Crippen LogP contribution in [0.25, 0.3) is 5.78 Å². The highest BCUT2D eigenvalue weighted by Crippen LogP contribution is 2.23. The van der Waals surface area contributed by atoms with Gasteiger partial charge in [0.15, 0.2) is 0 Å². The van der Waals surface area contributed by atoms with E-state index in [1.54, 1.807) is 6.33 Å². The van der Waals surface area contributed by atoms with Gasteiger partial charge in [-0.3, -0.25) is 0 Å². The van der Waals surface area contributed by atoms with E-state index in [-0.39, 0.29) is 0 Å². The highest BCUT2D eigenvalue weighted by atomic mass is 15.4. The molecule has 2 aromatic rings. The minimum Gasteiger partial charge on any atom is -0.356 e. The summed E-state index contributed by atoms with van der Waals surface area (Å²) in [6, 6.07) is 2.10. The van der Waals surface area contributed by atoms with Crippen LogP contribution in [0.3, 0.4) is 0 Å². The average molecular weight is 231 g/mol. The fourth-order valence-electron chi connectivity index (χ4n) is 2.53. The molecule has 3 heterocycles. The van der Waals surface area contributed by atoms with E-state index >= 15 is 0 Å². The SMILES string of the molecule is Cc1cc(N2CCCC(C)C2)n2ncnc2n1. The quantitative estimate of drug-likeness (QED) is 0.749. The second-order valence-electron chi connectivity index (χ2n) is 4.92. The van der Waals surface area contributed by atoms with Crippen LogP contribution in [-0.2, 0) is 0 Å². The lowest BCUT2D eigenvalue weighted by Crippen LogP contribution is -2.35. The molecule has 5 nitrogen and oxygen atoms in total. The molecule has 2 aromatic heterocycles. The lowest BCUT2D eigenvalue weighted by Gasteiger charge is -2.32. The van der Waals surface area contributed by atoms with Crippen molar-refractivity contribution < 1.29 is 0 Å². The van der Waals surface area contributed by atoms with E-state index in [0.717, 1.165) is 30.5 Å². The maximum absolute atomic E-state index is 4.37. The number of nitrogens with zero attached hydrogens (tertiary/aromatic N) is 5. The number of piperidine rings is 1. The smallest absolute Gasteiger partial charge is 0.254 e. The lowest BCUT2D eigenvalue weighted by atomic mass is 10.0. The standard InChI is InChI=1S/C12H17N5/c1-9-4-3-5-16(7-9)11-6-10(2)15-12-13-8-14-17(11)12/h6,8-9H,3-5,7H2,1-2H3. The molecule has 0 spiro atoms. The third kappa shape index (κ3) is 1.85. The minimum absolute atomic E-state index is 0.693. The van der Waals surface area contributed by atoms with Gasteiger partial charge in [0, 0.05) is 24.8 Å². The summed E-state index contributed by atoms with van der Waals surface area (Å²) >= 11 is 0. The molecular weight excluding hydrogens is 214 g/mol. The van der Waals surface area contributed by atoms with Gasteiger partial charge in [0.25, 0.3) is 5.78 Å². The van der Waals surface area contributed by atoms with Gasteiger partial charge in [0.05, 0.1) is 0 Å². The Kier molecular flexibility index (Phi) is 2.46. The van der Waals surface area contributed by atoms with Crippen molar-refractivity contribution >= 4 is 11.6 Å². The van der Waals surface area contributed by atoms with Crippen molar-refractivity contribution in [3.8, 4) is 0 Å². The third-order valence-corrected chi connectivity index (χ3v) is 3.34. The molecule has 0 radical (unpaired) electrons. The maximum atomic E-state index is 4.37. The van der Waals surface area contributed by atoms with Crippen molar-refractivity contribution in [3.05, 3.63) is 18.1 Å². The largest absolute Gasteiger partial charge is 0.356 e. The zero-order valence-corrected chi connectivity index (χ0v) is 10.3. The van der Waals surface area contributed by atoms with Crippen LogP contribution in [0.15, 0.2) is 12.4 Å². The summed E-state index contributed by atoms with van der Waals surface area (Å²) in [5, 5.41) is 4.26. The van der Waals surface area contributed by atoms with Crippen molar-refractivity contribution in [2.75, 3.05) is 18.0 Å². The third-order valence-electron chi connectivity index (χ3n) is 3.34. The molecular formula is C12H17N5. The van der Waals surface area contributed by atoms with Crippen molar-refractivity contribution in [1.82, 2.24) is 19.6 Å². The maximum Gasteiger partial charge on any atom is 0.254 e. The average Bonchev–Trinajstić information content (AvgIpc) is 2.75. The molecule has 0 amide bonds. The van der Waals surface area contributed by atoms with Gasteiger partial charge in [-0.2, -0.15) is 14.6 Å². The second kappa shape index (κ2) is 3.98. The van der Waals surface area contributed by atoms with E-state index < -0.39 is 0 Å². The summed E-state index contributed by atoms with van der Waals surface area (Å²) < 4.78 is 1.84. The van der Waals surface area contributed by atoms with Crippen molar-refractivity contribution in [2.45, 2.75) is 26.7 Å². The number of hydrogen-bond donors (Lipinski definition) is 0. The number of aromatic nitrogens is 4. The molecule has 17 heavy (non-hydrogen) atoms. The molecule has 3 rings (SSSR count). The highest BCUT2D eigenvalue weighted by Gasteiger charge is 2.19. The Morgan fingerprint density at radius 3 is 3.12 bits per heavy atom. The summed E-state index contributed by atoms with van der Waals surface area (Å²) in [6.07, 6.45) is 4.14. The molecule has 90 valence electrons.